The van der Waals surface area contributed by atoms with Crippen LogP contribution in [0.5, 0.6) is 0 Å². The second-order valence-corrected chi connectivity index (χ2v) is 4.91. The summed E-state index contributed by atoms with van der Waals surface area (Å²) in [7, 11) is 0. The zero-order valence-corrected chi connectivity index (χ0v) is 11.0. The average molecular weight is 234 g/mol. The van der Waals surface area contributed by atoms with Crippen molar-refractivity contribution in [3.8, 4) is 0 Å². The molecule has 4 heteroatoms. The molecular formula is C13H22N4. The molecule has 0 amide bonds. The number of piperazine rings is 1. The molecular weight excluding hydrogens is 212 g/mol. The third-order valence-electron chi connectivity index (χ3n) is 3.52. The van der Waals surface area contributed by atoms with E-state index in [0.717, 1.165) is 44.1 Å². The Morgan fingerprint density at radius 1 is 1.24 bits per heavy atom. The van der Waals surface area contributed by atoms with Gasteiger partial charge in [-0.2, -0.15) is 0 Å². The highest BCUT2D eigenvalue weighted by molar-refractivity contribution is 5.26. The summed E-state index contributed by atoms with van der Waals surface area (Å²) in [6, 6.07) is 0. The lowest BCUT2D eigenvalue weighted by molar-refractivity contribution is 0.230. The first-order valence-corrected chi connectivity index (χ1v) is 6.39. The van der Waals surface area contributed by atoms with Gasteiger partial charge in [-0.25, -0.2) is 9.97 Å². The molecule has 1 saturated heterocycles. The lowest BCUT2D eigenvalue weighted by Gasteiger charge is -2.30. The Bertz CT molecular complexity index is 351. The van der Waals surface area contributed by atoms with Crippen LogP contribution in [0, 0.1) is 13.8 Å². The maximum Gasteiger partial charge on any atom is 0.115 e. The molecule has 0 radical (unpaired) electrons. The van der Waals surface area contributed by atoms with Crippen LogP contribution in [-0.2, 0) is 0 Å². The molecule has 17 heavy (non-hydrogen) atoms. The van der Waals surface area contributed by atoms with Gasteiger partial charge in [-0.05, 0) is 25.3 Å². The molecule has 1 atom stereocenters. The summed E-state index contributed by atoms with van der Waals surface area (Å²) in [5.74, 6) is 0.509. The van der Waals surface area contributed by atoms with Gasteiger partial charge >= 0.3 is 0 Å². The summed E-state index contributed by atoms with van der Waals surface area (Å²) < 4.78 is 0. The molecule has 1 aromatic rings. The SMILES string of the molecule is Cc1ncnc(C)c1C(C)CN1CCNCC1. The van der Waals surface area contributed by atoms with Crippen LogP contribution >= 0.6 is 0 Å². The summed E-state index contributed by atoms with van der Waals surface area (Å²) in [5.41, 5.74) is 3.58. The predicted octanol–water partition coefficient (Wildman–Crippen LogP) is 1.10. The van der Waals surface area contributed by atoms with Crippen LogP contribution in [0.25, 0.3) is 0 Å². The molecule has 2 rings (SSSR count). The molecule has 0 aromatic carbocycles. The summed E-state index contributed by atoms with van der Waals surface area (Å²) in [6.45, 7) is 12.1. The minimum absolute atomic E-state index is 0.509. The van der Waals surface area contributed by atoms with Crippen molar-refractivity contribution in [2.45, 2.75) is 26.7 Å². The fourth-order valence-corrected chi connectivity index (χ4v) is 2.69. The van der Waals surface area contributed by atoms with Gasteiger partial charge in [0.25, 0.3) is 0 Å². The zero-order valence-electron chi connectivity index (χ0n) is 11.0. The van der Waals surface area contributed by atoms with Gasteiger partial charge in [-0.3, -0.25) is 0 Å². The quantitative estimate of drug-likeness (QED) is 0.850. The Kier molecular flexibility index (Phi) is 4.07. The number of nitrogens with zero attached hydrogens (tertiary/aromatic N) is 3. The van der Waals surface area contributed by atoms with Crippen molar-refractivity contribution in [2.24, 2.45) is 0 Å². The Labute approximate surface area is 103 Å². The lowest BCUT2D eigenvalue weighted by Crippen LogP contribution is -2.44. The molecule has 1 aliphatic heterocycles. The molecule has 4 nitrogen and oxygen atoms in total. The summed E-state index contributed by atoms with van der Waals surface area (Å²) >= 11 is 0. The van der Waals surface area contributed by atoms with Crippen LogP contribution in [0.3, 0.4) is 0 Å². The first-order valence-electron chi connectivity index (χ1n) is 6.39. The Morgan fingerprint density at radius 2 is 1.82 bits per heavy atom. The average Bonchev–Trinajstić information content (AvgIpc) is 2.30. The molecule has 0 bridgehead atoms. The molecule has 0 aliphatic carbocycles. The summed E-state index contributed by atoms with van der Waals surface area (Å²) in [4.78, 5) is 11.1. The minimum Gasteiger partial charge on any atom is -0.314 e. The van der Waals surface area contributed by atoms with E-state index in [1.807, 2.05) is 0 Å². The fourth-order valence-electron chi connectivity index (χ4n) is 2.69. The van der Waals surface area contributed by atoms with Crippen LogP contribution < -0.4 is 5.32 Å². The highest BCUT2D eigenvalue weighted by atomic mass is 15.2. The second kappa shape index (κ2) is 5.56. The van der Waals surface area contributed by atoms with E-state index in [1.165, 1.54) is 5.56 Å². The van der Waals surface area contributed by atoms with Crippen LogP contribution in [0.15, 0.2) is 6.33 Å². The van der Waals surface area contributed by atoms with Crippen molar-refractivity contribution < 1.29 is 0 Å². The zero-order chi connectivity index (χ0) is 12.3. The molecule has 1 aliphatic rings. The van der Waals surface area contributed by atoms with E-state index in [1.54, 1.807) is 6.33 Å². The molecule has 1 N–H and O–H groups in total. The van der Waals surface area contributed by atoms with Gasteiger partial charge in [-0.15, -0.1) is 0 Å². The molecule has 1 aromatic heterocycles. The van der Waals surface area contributed by atoms with E-state index in [4.69, 9.17) is 0 Å². The lowest BCUT2D eigenvalue weighted by atomic mass is 9.97. The van der Waals surface area contributed by atoms with Crippen molar-refractivity contribution in [1.29, 1.82) is 0 Å². The van der Waals surface area contributed by atoms with E-state index in [2.05, 4.69) is 41.0 Å². The van der Waals surface area contributed by atoms with Crippen LogP contribution in [0.4, 0.5) is 0 Å². The molecule has 0 saturated carbocycles. The number of nitrogens with one attached hydrogen (secondary N) is 1. The highest BCUT2D eigenvalue weighted by Crippen LogP contribution is 2.21. The van der Waals surface area contributed by atoms with Gasteiger partial charge in [0, 0.05) is 44.1 Å². The van der Waals surface area contributed by atoms with Gasteiger partial charge in [0.1, 0.15) is 6.33 Å². The third kappa shape index (κ3) is 3.01. The van der Waals surface area contributed by atoms with Crippen molar-refractivity contribution in [3.63, 3.8) is 0 Å². The number of hydrogen-bond acceptors (Lipinski definition) is 4. The third-order valence-corrected chi connectivity index (χ3v) is 3.52. The molecule has 1 unspecified atom stereocenters. The predicted molar refractivity (Wildman–Crippen MR) is 69.2 cm³/mol. The first-order chi connectivity index (χ1) is 8.18. The maximum absolute atomic E-state index is 4.31. The van der Waals surface area contributed by atoms with E-state index in [9.17, 15) is 0 Å². The first kappa shape index (κ1) is 12.5. The Balaban J connectivity index is 2.05. The minimum atomic E-state index is 0.509. The molecule has 94 valence electrons. The smallest absolute Gasteiger partial charge is 0.115 e. The number of rotatable bonds is 3. The largest absolute Gasteiger partial charge is 0.314 e. The van der Waals surface area contributed by atoms with Crippen LogP contribution in [0.1, 0.15) is 29.8 Å². The summed E-state index contributed by atoms with van der Waals surface area (Å²) in [6.07, 6.45) is 1.66. The second-order valence-electron chi connectivity index (χ2n) is 4.91. The van der Waals surface area contributed by atoms with E-state index in [-0.39, 0.29) is 0 Å². The Hall–Kier alpha value is -1.00. The van der Waals surface area contributed by atoms with E-state index in [0.29, 0.717) is 5.92 Å². The van der Waals surface area contributed by atoms with Crippen molar-refractivity contribution in [3.05, 3.63) is 23.3 Å². The number of aromatic nitrogens is 2. The fraction of sp³-hybridized carbons (Fsp3) is 0.692. The van der Waals surface area contributed by atoms with E-state index < -0.39 is 0 Å². The number of hydrogen-bond donors (Lipinski definition) is 1. The van der Waals surface area contributed by atoms with Gasteiger partial charge in [0.2, 0.25) is 0 Å². The van der Waals surface area contributed by atoms with Gasteiger partial charge < -0.3 is 10.2 Å². The van der Waals surface area contributed by atoms with Gasteiger partial charge in [0.15, 0.2) is 0 Å². The summed E-state index contributed by atoms with van der Waals surface area (Å²) in [5, 5.41) is 3.38. The van der Waals surface area contributed by atoms with Crippen molar-refractivity contribution in [2.75, 3.05) is 32.7 Å². The highest BCUT2D eigenvalue weighted by Gasteiger charge is 2.18. The van der Waals surface area contributed by atoms with Crippen molar-refractivity contribution in [1.82, 2.24) is 20.2 Å². The van der Waals surface area contributed by atoms with Crippen LogP contribution in [-0.4, -0.2) is 47.6 Å². The van der Waals surface area contributed by atoms with Gasteiger partial charge in [-0.1, -0.05) is 6.92 Å². The van der Waals surface area contributed by atoms with E-state index >= 15 is 0 Å². The standard InChI is InChI=1S/C13H22N4/c1-10(8-17-6-4-14-5-7-17)13-11(2)15-9-16-12(13)3/h9-10,14H,4-8H2,1-3H3. The monoisotopic (exact) mass is 234 g/mol. The topological polar surface area (TPSA) is 41.1 Å². The number of aryl methyl sites for hydroxylation is 2. The van der Waals surface area contributed by atoms with Gasteiger partial charge in [0.05, 0.1) is 0 Å². The molecule has 2 heterocycles. The molecule has 1 fully saturated rings. The Morgan fingerprint density at radius 3 is 2.41 bits per heavy atom. The van der Waals surface area contributed by atoms with Crippen LogP contribution in [0.2, 0.25) is 0 Å². The van der Waals surface area contributed by atoms with Crippen molar-refractivity contribution >= 4 is 0 Å². The molecule has 0 spiro atoms. The maximum atomic E-state index is 4.31. The normalized spacial score (nSPS) is 19.2.